The predicted octanol–water partition coefficient (Wildman–Crippen LogP) is 3.95. The number of benzene rings is 2. The van der Waals surface area contributed by atoms with Crippen LogP contribution in [0.4, 0.5) is 0 Å². The average Bonchev–Trinajstić information content (AvgIpc) is 3.35. The highest BCUT2D eigenvalue weighted by atomic mass is 16.5. The molecule has 0 amide bonds. The van der Waals surface area contributed by atoms with Crippen LogP contribution in [0.15, 0.2) is 47.5 Å². The number of esters is 1. The highest BCUT2D eigenvalue weighted by Gasteiger charge is 2.41. The summed E-state index contributed by atoms with van der Waals surface area (Å²) in [4.78, 5) is 17.7. The molecule has 1 heterocycles. The molecule has 2 unspecified atom stereocenters. The Morgan fingerprint density at radius 2 is 1.96 bits per heavy atom. The van der Waals surface area contributed by atoms with Crippen LogP contribution in [-0.2, 0) is 22.4 Å². The average molecular weight is 363 g/mol. The van der Waals surface area contributed by atoms with Gasteiger partial charge in [-0.1, -0.05) is 18.2 Å². The summed E-state index contributed by atoms with van der Waals surface area (Å²) in [6.45, 7) is 2.86. The quantitative estimate of drug-likeness (QED) is 0.756. The molecule has 4 heteroatoms. The van der Waals surface area contributed by atoms with E-state index in [0.29, 0.717) is 13.2 Å². The Hall–Kier alpha value is -2.62. The molecule has 0 saturated heterocycles. The zero-order valence-corrected chi connectivity index (χ0v) is 15.9. The third-order valence-electron chi connectivity index (χ3n) is 5.66. The standard InChI is InChI=1S/C23H25NO3/c1-3-27-23(25)21-20(19-9-5-7-15-6-4-8-18(15)19)14-24-22(21)16-10-12-17(26-2)13-11-16/h5,7,9-13,20-21H,3-4,6,8,14H2,1-2H3. The molecule has 0 saturated carbocycles. The maximum Gasteiger partial charge on any atom is 0.315 e. The normalized spacial score (nSPS) is 20.9. The van der Waals surface area contributed by atoms with Gasteiger partial charge in [0.05, 0.1) is 19.4 Å². The minimum atomic E-state index is -0.356. The molecule has 2 atom stereocenters. The molecule has 4 rings (SSSR count). The van der Waals surface area contributed by atoms with Gasteiger partial charge in [-0.2, -0.15) is 0 Å². The highest BCUT2D eigenvalue weighted by molar-refractivity contribution is 6.13. The number of fused-ring (bicyclic) bond motifs is 1. The molecule has 140 valence electrons. The molecule has 0 radical (unpaired) electrons. The van der Waals surface area contributed by atoms with Crippen LogP contribution in [0.3, 0.4) is 0 Å². The van der Waals surface area contributed by atoms with E-state index >= 15 is 0 Å². The van der Waals surface area contributed by atoms with Crippen molar-refractivity contribution in [2.45, 2.75) is 32.1 Å². The molecule has 0 fully saturated rings. The van der Waals surface area contributed by atoms with Crippen molar-refractivity contribution in [3.05, 3.63) is 64.7 Å². The molecular weight excluding hydrogens is 338 g/mol. The summed E-state index contributed by atoms with van der Waals surface area (Å²) < 4.78 is 10.7. The molecule has 2 aliphatic rings. The van der Waals surface area contributed by atoms with Crippen LogP contribution < -0.4 is 4.74 Å². The van der Waals surface area contributed by atoms with Crippen LogP contribution in [-0.4, -0.2) is 31.9 Å². The van der Waals surface area contributed by atoms with E-state index in [-0.39, 0.29) is 17.8 Å². The monoisotopic (exact) mass is 363 g/mol. The first-order chi connectivity index (χ1) is 13.2. The number of hydrogen-bond acceptors (Lipinski definition) is 4. The predicted molar refractivity (Wildman–Crippen MR) is 106 cm³/mol. The van der Waals surface area contributed by atoms with Gasteiger partial charge in [-0.05, 0) is 72.7 Å². The largest absolute Gasteiger partial charge is 0.497 e. The number of methoxy groups -OCH3 is 1. The minimum absolute atomic E-state index is 0.0502. The van der Waals surface area contributed by atoms with Crippen LogP contribution in [0.5, 0.6) is 5.75 Å². The fraction of sp³-hybridized carbons (Fsp3) is 0.391. The van der Waals surface area contributed by atoms with Gasteiger partial charge in [0.2, 0.25) is 0 Å². The SMILES string of the molecule is CCOC(=O)C1C(c2ccc(OC)cc2)=NCC1c1cccc2c1CCC2. The lowest BCUT2D eigenvalue weighted by atomic mass is 9.81. The number of aliphatic imine (C=N–C) groups is 1. The number of ether oxygens (including phenoxy) is 2. The first-order valence-electron chi connectivity index (χ1n) is 9.69. The number of carbonyl (C=O) groups is 1. The third kappa shape index (κ3) is 3.25. The molecule has 0 N–H and O–H groups in total. The van der Waals surface area contributed by atoms with Gasteiger partial charge in [-0.15, -0.1) is 0 Å². The van der Waals surface area contributed by atoms with E-state index in [1.165, 1.54) is 23.1 Å². The van der Waals surface area contributed by atoms with Gasteiger partial charge in [-0.25, -0.2) is 0 Å². The van der Waals surface area contributed by atoms with Crippen molar-refractivity contribution in [3.63, 3.8) is 0 Å². The highest BCUT2D eigenvalue weighted by Crippen LogP contribution is 2.39. The Balaban J connectivity index is 1.71. The topological polar surface area (TPSA) is 47.9 Å². The molecule has 0 aromatic heterocycles. The van der Waals surface area contributed by atoms with Crippen molar-refractivity contribution in [1.29, 1.82) is 0 Å². The summed E-state index contributed by atoms with van der Waals surface area (Å²) in [5.74, 6) is 0.312. The smallest absolute Gasteiger partial charge is 0.315 e. The fourth-order valence-electron chi connectivity index (χ4n) is 4.41. The van der Waals surface area contributed by atoms with E-state index in [1.807, 2.05) is 31.2 Å². The van der Waals surface area contributed by atoms with Crippen molar-refractivity contribution < 1.29 is 14.3 Å². The molecule has 27 heavy (non-hydrogen) atoms. The third-order valence-corrected chi connectivity index (χ3v) is 5.66. The second-order valence-electron chi connectivity index (χ2n) is 7.13. The Kier molecular flexibility index (Phi) is 4.97. The lowest BCUT2D eigenvalue weighted by Gasteiger charge is -2.22. The fourth-order valence-corrected chi connectivity index (χ4v) is 4.41. The second kappa shape index (κ2) is 7.55. The van der Waals surface area contributed by atoms with Crippen LogP contribution in [0, 0.1) is 5.92 Å². The van der Waals surface area contributed by atoms with E-state index in [9.17, 15) is 4.79 Å². The summed E-state index contributed by atoms with van der Waals surface area (Å²) in [5.41, 5.74) is 5.91. The van der Waals surface area contributed by atoms with E-state index in [1.54, 1.807) is 7.11 Å². The number of hydrogen-bond donors (Lipinski definition) is 0. The summed E-state index contributed by atoms with van der Waals surface area (Å²) in [7, 11) is 1.65. The van der Waals surface area contributed by atoms with Gasteiger partial charge in [0.25, 0.3) is 0 Å². The molecule has 1 aliphatic heterocycles. The van der Waals surface area contributed by atoms with Crippen molar-refractivity contribution in [2.75, 3.05) is 20.3 Å². The molecule has 1 aliphatic carbocycles. The van der Waals surface area contributed by atoms with Crippen LogP contribution >= 0.6 is 0 Å². The first-order valence-corrected chi connectivity index (χ1v) is 9.69. The summed E-state index contributed by atoms with van der Waals surface area (Å²) >= 11 is 0. The van der Waals surface area contributed by atoms with Crippen molar-refractivity contribution in [1.82, 2.24) is 0 Å². The van der Waals surface area contributed by atoms with E-state index in [2.05, 4.69) is 18.2 Å². The lowest BCUT2D eigenvalue weighted by Crippen LogP contribution is -2.29. The van der Waals surface area contributed by atoms with Gasteiger partial charge in [0.1, 0.15) is 11.7 Å². The Labute approximate surface area is 160 Å². The Morgan fingerprint density at radius 1 is 1.15 bits per heavy atom. The number of nitrogens with zero attached hydrogens (tertiary/aromatic N) is 1. The number of carbonyl (C=O) groups excluding carboxylic acids is 1. The number of aryl methyl sites for hydroxylation is 1. The Morgan fingerprint density at radius 3 is 2.70 bits per heavy atom. The van der Waals surface area contributed by atoms with Crippen molar-refractivity contribution in [2.24, 2.45) is 10.9 Å². The molecule has 0 bridgehead atoms. The summed E-state index contributed by atoms with van der Waals surface area (Å²) in [6.07, 6.45) is 3.41. The van der Waals surface area contributed by atoms with Crippen LogP contribution in [0.1, 0.15) is 41.5 Å². The van der Waals surface area contributed by atoms with E-state index in [0.717, 1.165) is 29.9 Å². The second-order valence-corrected chi connectivity index (χ2v) is 7.13. The molecule has 4 nitrogen and oxygen atoms in total. The van der Waals surface area contributed by atoms with Gasteiger partial charge in [0, 0.05) is 12.5 Å². The zero-order chi connectivity index (χ0) is 18.8. The summed E-state index contributed by atoms with van der Waals surface area (Å²) in [5, 5.41) is 0. The summed E-state index contributed by atoms with van der Waals surface area (Å²) in [6, 6.07) is 14.3. The van der Waals surface area contributed by atoms with E-state index < -0.39 is 0 Å². The van der Waals surface area contributed by atoms with Crippen molar-refractivity contribution >= 4 is 11.7 Å². The minimum Gasteiger partial charge on any atom is -0.497 e. The Bertz CT molecular complexity index is 870. The molecule has 2 aromatic rings. The van der Waals surface area contributed by atoms with Gasteiger partial charge in [-0.3, -0.25) is 9.79 Å². The van der Waals surface area contributed by atoms with Crippen LogP contribution in [0.2, 0.25) is 0 Å². The maximum absolute atomic E-state index is 12.9. The van der Waals surface area contributed by atoms with E-state index in [4.69, 9.17) is 14.5 Å². The van der Waals surface area contributed by atoms with Gasteiger partial charge in [0.15, 0.2) is 0 Å². The van der Waals surface area contributed by atoms with Gasteiger partial charge < -0.3 is 9.47 Å². The van der Waals surface area contributed by atoms with Crippen molar-refractivity contribution in [3.8, 4) is 5.75 Å². The molecule has 2 aromatic carbocycles. The molecular formula is C23H25NO3. The molecule has 0 spiro atoms. The van der Waals surface area contributed by atoms with Gasteiger partial charge >= 0.3 is 5.97 Å². The lowest BCUT2D eigenvalue weighted by molar-refractivity contribution is -0.145. The first kappa shape index (κ1) is 17.8. The van der Waals surface area contributed by atoms with Crippen LogP contribution in [0.25, 0.3) is 0 Å². The maximum atomic E-state index is 12.9. The zero-order valence-electron chi connectivity index (χ0n) is 15.9. The number of rotatable bonds is 5.